The first kappa shape index (κ1) is 5.13. The van der Waals surface area contributed by atoms with E-state index in [0.29, 0.717) is 6.54 Å². The van der Waals surface area contributed by atoms with Gasteiger partial charge in [0, 0.05) is 38.1 Å². The van der Waals surface area contributed by atoms with Crippen LogP contribution in [-0.2, 0) is 6.54 Å². The average molecular weight is 180 g/mol. The van der Waals surface area contributed by atoms with Gasteiger partial charge in [0.2, 0.25) is 0 Å². The van der Waals surface area contributed by atoms with Crippen molar-refractivity contribution in [2.45, 2.75) is 6.54 Å². The normalized spacial score (nSPS) is 31.1. The largest absolute Gasteiger partial charge is 0.314 e. The minimum atomic E-state index is -1.68. The molecule has 0 unspecified atom stereocenters. The lowest BCUT2D eigenvalue weighted by atomic mass is 10.2. The zero-order valence-electron chi connectivity index (χ0n) is 11.5. The highest BCUT2D eigenvalue weighted by Crippen LogP contribution is 2.04. The van der Waals surface area contributed by atoms with Crippen LogP contribution in [0.1, 0.15) is 11.0 Å². The molecule has 1 saturated heterocycles. The first-order chi connectivity index (χ1) is 7.86. The van der Waals surface area contributed by atoms with Crippen LogP contribution in [0.4, 0.5) is 0 Å². The molecule has 1 N–H and O–H groups in total. The fraction of sp³-hybridized carbons (Fsp3) is 0.455. The third-order valence-corrected chi connectivity index (χ3v) is 2.03. The summed E-state index contributed by atoms with van der Waals surface area (Å²) in [5.74, 6) is 0. The highest BCUT2D eigenvalue weighted by molar-refractivity contribution is 5.14. The summed E-state index contributed by atoms with van der Waals surface area (Å²) in [5.41, 5.74) is 1.07. The number of hydrogen-bond acceptors (Lipinski definition) is 2. The molecule has 1 heterocycles. The maximum atomic E-state index is 7.65. The Morgan fingerprint density at radius 2 is 1.92 bits per heavy atom. The van der Waals surface area contributed by atoms with Gasteiger partial charge in [-0.05, 0) is 5.56 Å². The summed E-state index contributed by atoms with van der Waals surface area (Å²) in [6.45, 7) is -2.41. The molecule has 2 heteroatoms. The molecule has 0 bridgehead atoms. The number of rotatable bonds is 2. The summed E-state index contributed by atoms with van der Waals surface area (Å²) < 4.78 is 30.6. The van der Waals surface area contributed by atoms with Gasteiger partial charge in [-0.2, -0.15) is 0 Å². The highest BCUT2D eigenvalue weighted by Gasteiger charge is 2.08. The Bertz CT molecular complexity index is 364. The zero-order valence-corrected chi connectivity index (χ0v) is 7.46. The molecule has 2 nitrogen and oxygen atoms in total. The van der Waals surface area contributed by atoms with Gasteiger partial charge in [0.15, 0.2) is 0 Å². The van der Waals surface area contributed by atoms with Crippen LogP contribution >= 0.6 is 0 Å². The maximum Gasteiger partial charge on any atom is 0.0441 e. The Labute approximate surface area is 85.2 Å². The van der Waals surface area contributed by atoms with Crippen LogP contribution < -0.4 is 5.32 Å². The molecule has 0 spiro atoms. The first-order valence-electron chi connectivity index (χ1n) is 6.42. The van der Waals surface area contributed by atoms with Crippen molar-refractivity contribution in [1.82, 2.24) is 10.2 Å². The van der Waals surface area contributed by atoms with Crippen LogP contribution in [0, 0.1) is 0 Å². The minimum absolute atomic E-state index is 0.196. The Hall–Kier alpha value is -0.860. The Morgan fingerprint density at radius 1 is 1.23 bits per heavy atom. The van der Waals surface area contributed by atoms with Gasteiger partial charge in [0.25, 0.3) is 0 Å². The van der Waals surface area contributed by atoms with E-state index in [9.17, 15) is 0 Å². The second-order valence-electron chi connectivity index (χ2n) is 3.11. The van der Waals surface area contributed by atoms with Gasteiger partial charge in [-0.15, -0.1) is 0 Å². The molecule has 13 heavy (non-hydrogen) atoms. The molecule has 1 aliphatic rings. The van der Waals surface area contributed by atoms with E-state index in [2.05, 4.69) is 5.32 Å². The molecule has 0 radical (unpaired) electrons. The van der Waals surface area contributed by atoms with Crippen LogP contribution in [-0.4, -0.2) is 31.0 Å². The average Bonchev–Trinajstić information content (AvgIpc) is 2.13. The lowest BCUT2D eigenvalue weighted by Crippen LogP contribution is -2.42. The van der Waals surface area contributed by atoms with Gasteiger partial charge < -0.3 is 5.32 Å². The third-order valence-electron chi connectivity index (χ3n) is 2.03. The monoisotopic (exact) mass is 180 g/mol. The maximum absolute atomic E-state index is 7.65. The first-order valence-corrected chi connectivity index (χ1v) is 4.42. The molecule has 0 saturated carbocycles. The minimum Gasteiger partial charge on any atom is -0.314 e. The van der Waals surface area contributed by atoms with E-state index in [1.54, 1.807) is 4.90 Å². The number of piperazine rings is 1. The van der Waals surface area contributed by atoms with Crippen LogP contribution in [0.15, 0.2) is 30.3 Å². The highest BCUT2D eigenvalue weighted by atomic mass is 15.2. The Balaban J connectivity index is 2.06. The van der Waals surface area contributed by atoms with Crippen LogP contribution in [0.2, 0.25) is 0 Å². The van der Waals surface area contributed by atoms with Gasteiger partial charge in [-0.25, -0.2) is 0 Å². The lowest BCUT2D eigenvalue weighted by Gasteiger charge is -2.27. The fourth-order valence-corrected chi connectivity index (χ4v) is 1.37. The summed E-state index contributed by atoms with van der Waals surface area (Å²) in [6, 6.07) is 9.72. The summed E-state index contributed by atoms with van der Waals surface area (Å²) in [5, 5.41) is 2.37. The SMILES string of the molecule is [2H]C1([2H])CN(Cc2ccccc2)CC([2H])([2H])N1. The molecular weight excluding hydrogens is 160 g/mol. The van der Waals surface area contributed by atoms with Crippen molar-refractivity contribution in [2.24, 2.45) is 0 Å². The summed E-state index contributed by atoms with van der Waals surface area (Å²) in [6.07, 6.45) is 0. The van der Waals surface area contributed by atoms with Gasteiger partial charge in [-0.3, -0.25) is 4.90 Å². The molecule has 0 aliphatic carbocycles. The summed E-state index contributed by atoms with van der Waals surface area (Å²) in [7, 11) is 0. The van der Waals surface area contributed by atoms with Gasteiger partial charge in [-0.1, -0.05) is 30.3 Å². The molecule has 2 rings (SSSR count). The summed E-state index contributed by atoms with van der Waals surface area (Å²) in [4.78, 5) is 1.80. The predicted octanol–water partition coefficient (Wildman–Crippen LogP) is 1.09. The standard InChI is InChI=1S/C11H16N2/c1-2-4-11(5-3-1)10-13-8-6-12-7-9-13/h1-5,12H,6-10H2/i6D2,7D2. The van der Waals surface area contributed by atoms with E-state index in [0.717, 1.165) is 5.56 Å². The van der Waals surface area contributed by atoms with E-state index in [4.69, 9.17) is 5.48 Å². The van der Waals surface area contributed by atoms with Crippen molar-refractivity contribution in [2.75, 3.05) is 26.1 Å². The van der Waals surface area contributed by atoms with Crippen molar-refractivity contribution in [3.8, 4) is 0 Å². The Kier molecular flexibility index (Phi) is 1.73. The molecule has 1 aromatic rings. The molecule has 70 valence electrons. The molecule has 1 aromatic carbocycles. The lowest BCUT2D eigenvalue weighted by molar-refractivity contribution is 0.233. The van der Waals surface area contributed by atoms with Crippen molar-refractivity contribution in [3.05, 3.63) is 35.9 Å². The molecule has 0 aromatic heterocycles. The van der Waals surface area contributed by atoms with E-state index in [1.165, 1.54) is 0 Å². The van der Waals surface area contributed by atoms with Crippen molar-refractivity contribution in [3.63, 3.8) is 0 Å². The fourth-order valence-electron chi connectivity index (χ4n) is 1.37. The van der Waals surface area contributed by atoms with Gasteiger partial charge >= 0.3 is 0 Å². The number of hydrogen-bond donors (Lipinski definition) is 1. The number of benzene rings is 1. The molecule has 0 atom stereocenters. The third kappa shape index (κ3) is 2.54. The van der Waals surface area contributed by atoms with Crippen molar-refractivity contribution < 1.29 is 5.48 Å². The van der Waals surface area contributed by atoms with E-state index in [-0.39, 0.29) is 13.1 Å². The van der Waals surface area contributed by atoms with E-state index < -0.39 is 13.0 Å². The smallest absolute Gasteiger partial charge is 0.0441 e. The van der Waals surface area contributed by atoms with Crippen LogP contribution in [0.3, 0.4) is 0 Å². The zero-order chi connectivity index (χ0) is 12.5. The van der Waals surface area contributed by atoms with Gasteiger partial charge in [0.1, 0.15) is 0 Å². The second-order valence-corrected chi connectivity index (χ2v) is 3.11. The van der Waals surface area contributed by atoms with Crippen molar-refractivity contribution in [1.29, 1.82) is 0 Å². The quantitative estimate of drug-likeness (QED) is 0.733. The van der Waals surface area contributed by atoms with E-state index in [1.807, 2.05) is 30.3 Å². The number of nitrogens with zero attached hydrogens (tertiary/aromatic N) is 1. The molecule has 1 aliphatic heterocycles. The molecule has 0 amide bonds. The summed E-state index contributed by atoms with van der Waals surface area (Å²) >= 11 is 0. The van der Waals surface area contributed by atoms with Crippen LogP contribution in [0.25, 0.3) is 0 Å². The predicted molar refractivity (Wildman–Crippen MR) is 54.6 cm³/mol. The van der Waals surface area contributed by atoms with E-state index >= 15 is 0 Å². The Morgan fingerprint density at radius 3 is 2.62 bits per heavy atom. The number of nitrogens with one attached hydrogen (secondary N) is 1. The molecular formula is C11H16N2. The molecule has 1 fully saturated rings. The second kappa shape index (κ2) is 4.40. The van der Waals surface area contributed by atoms with Crippen molar-refractivity contribution >= 4 is 0 Å². The van der Waals surface area contributed by atoms with Gasteiger partial charge in [0.05, 0.1) is 0 Å². The van der Waals surface area contributed by atoms with Crippen LogP contribution in [0.5, 0.6) is 0 Å². The topological polar surface area (TPSA) is 15.3 Å².